The van der Waals surface area contributed by atoms with Gasteiger partial charge in [-0.1, -0.05) is 18.3 Å². The van der Waals surface area contributed by atoms with Crippen molar-refractivity contribution in [1.29, 1.82) is 5.26 Å². The lowest BCUT2D eigenvalue weighted by molar-refractivity contribution is 0.239. The summed E-state index contributed by atoms with van der Waals surface area (Å²) in [6, 6.07) is 2.16. The number of nitrogens with zero attached hydrogens (tertiary/aromatic N) is 4. The predicted octanol–water partition coefficient (Wildman–Crippen LogP) is 1.49. The number of nitrogens with two attached hydrogens (primary N) is 1. The molecular formula is C10H17N5S. The molecule has 0 saturated heterocycles. The van der Waals surface area contributed by atoms with Crippen LogP contribution in [0.4, 0.5) is 5.00 Å². The zero-order valence-corrected chi connectivity index (χ0v) is 10.5. The van der Waals surface area contributed by atoms with Crippen LogP contribution in [0.15, 0.2) is 0 Å². The molecule has 16 heavy (non-hydrogen) atoms. The van der Waals surface area contributed by atoms with Crippen LogP contribution in [0, 0.1) is 17.2 Å². The van der Waals surface area contributed by atoms with Gasteiger partial charge in [0.25, 0.3) is 0 Å². The third-order valence-corrected chi connectivity index (χ3v) is 2.72. The molecule has 0 atom stereocenters. The smallest absolute Gasteiger partial charge is 0.132 e. The van der Waals surface area contributed by atoms with Crippen LogP contribution < -0.4 is 5.73 Å². The van der Waals surface area contributed by atoms with E-state index in [9.17, 15) is 0 Å². The maximum absolute atomic E-state index is 8.60. The van der Waals surface area contributed by atoms with Crippen molar-refractivity contribution in [3.63, 3.8) is 0 Å². The summed E-state index contributed by atoms with van der Waals surface area (Å²) in [5.41, 5.74) is 6.57. The number of anilines is 1. The summed E-state index contributed by atoms with van der Waals surface area (Å²) < 4.78 is 3.81. The zero-order valence-electron chi connectivity index (χ0n) is 9.68. The van der Waals surface area contributed by atoms with Gasteiger partial charge in [0.05, 0.1) is 6.07 Å². The number of nitriles is 1. The second-order valence-electron chi connectivity index (χ2n) is 4.12. The van der Waals surface area contributed by atoms with E-state index in [0.717, 1.165) is 18.8 Å². The molecule has 0 aromatic carbocycles. The minimum Gasteiger partial charge on any atom is -0.388 e. The van der Waals surface area contributed by atoms with Gasteiger partial charge in [-0.05, 0) is 5.92 Å². The van der Waals surface area contributed by atoms with E-state index in [1.165, 1.54) is 11.5 Å². The van der Waals surface area contributed by atoms with Gasteiger partial charge in [-0.2, -0.15) is 5.26 Å². The predicted molar refractivity (Wildman–Crippen MR) is 64.7 cm³/mol. The van der Waals surface area contributed by atoms with Gasteiger partial charge in [0, 0.05) is 37.6 Å². The van der Waals surface area contributed by atoms with Crippen molar-refractivity contribution in [2.24, 2.45) is 5.92 Å². The lowest BCUT2D eigenvalue weighted by atomic mass is 10.2. The Morgan fingerprint density at radius 1 is 1.56 bits per heavy atom. The largest absolute Gasteiger partial charge is 0.388 e. The molecule has 6 heteroatoms. The zero-order chi connectivity index (χ0) is 12.0. The molecule has 0 radical (unpaired) electrons. The number of rotatable bonds is 6. The fourth-order valence-electron chi connectivity index (χ4n) is 1.50. The van der Waals surface area contributed by atoms with Crippen LogP contribution in [0.25, 0.3) is 0 Å². The molecule has 1 aromatic heterocycles. The van der Waals surface area contributed by atoms with Crippen molar-refractivity contribution in [2.45, 2.75) is 26.8 Å². The minimum atomic E-state index is 0.532. The highest BCUT2D eigenvalue weighted by Crippen LogP contribution is 2.15. The first-order chi connectivity index (χ1) is 7.63. The average Bonchev–Trinajstić information content (AvgIpc) is 2.60. The van der Waals surface area contributed by atoms with E-state index in [4.69, 9.17) is 11.0 Å². The first-order valence-corrected chi connectivity index (χ1v) is 6.06. The van der Waals surface area contributed by atoms with Gasteiger partial charge >= 0.3 is 0 Å². The van der Waals surface area contributed by atoms with Gasteiger partial charge < -0.3 is 5.73 Å². The molecule has 0 bridgehead atoms. The van der Waals surface area contributed by atoms with Gasteiger partial charge in [-0.3, -0.25) is 4.90 Å². The van der Waals surface area contributed by atoms with E-state index < -0.39 is 0 Å². The first-order valence-electron chi connectivity index (χ1n) is 5.29. The molecule has 0 amide bonds. The molecule has 0 aliphatic carbocycles. The summed E-state index contributed by atoms with van der Waals surface area (Å²) in [6.45, 7) is 6.69. The van der Waals surface area contributed by atoms with Crippen molar-refractivity contribution in [3.8, 4) is 6.07 Å². The quantitative estimate of drug-likeness (QED) is 0.813. The van der Waals surface area contributed by atoms with Gasteiger partial charge in [-0.15, -0.1) is 5.10 Å². The van der Waals surface area contributed by atoms with Crippen molar-refractivity contribution >= 4 is 16.5 Å². The summed E-state index contributed by atoms with van der Waals surface area (Å²) in [4.78, 5) is 2.20. The summed E-state index contributed by atoms with van der Waals surface area (Å²) in [5.74, 6) is 0.562. The standard InChI is InChI=1S/C10H17N5S/c1-8(2)6-15(5-3-4-11)7-9-10(12)16-14-13-9/h8H,3,5-7,12H2,1-2H3. The topological polar surface area (TPSA) is 78.8 Å². The van der Waals surface area contributed by atoms with Crippen LogP contribution >= 0.6 is 11.5 Å². The molecule has 0 aliphatic rings. The van der Waals surface area contributed by atoms with Gasteiger partial charge in [0.2, 0.25) is 0 Å². The molecule has 2 N–H and O–H groups in total. The fraction of sp³-hybridized carbons (Fsp3) is 0.700. The Morgan fingerprint density at radius 2 is 2.31 bits per heavy atom. The molecule has 0 saturated carbocycles. The molecule has 0 fully saturated rings. The highest BCUT2D eigenvalue weighted by molar-refractivity contribution is 7.09. The maximum atomic E-state index is 8.60. The highest BCUT2D eigenvalue weighted by atomic mass is 32.1. The van der Waals surface area contributed by atoms with Gasteiger partial charge in [0.1, 0.15) is 10.7 Å². The third kappa shape index (κ3) is 4.13. The number of nitrogen functional groups attached to an aromatic ring is 1. The van der Waals surface area contributed by atoms with E-state index in [1.807, 2.05) is 0 Å². The second kappa shape index (κ2) is 6.40. The third-order valence-electron chi connectivity index (χ3n) is 2.12. The van der Waals surface area contributed by atoms with Crippen LogP contribution in [-0.2, 0) is 6.54 Å². The molecule has 0 unspecified atom stereocenters. The Hall–Kier alpha value is -1.19. The van der Waals surface area contributed by atoms with Crippen LogP contribution in [-0.4, -0.2) is 27.6 Å². The SMILES string of the molecule is CC(C)CN(CCC#N)Cc1nnsc1N. The minimum absolute atomic E-state index is 0.532. The van der Waals surface area contributed by atoms with Crippen LogP contribution in [0.1, 0.15) is 26.0 Å². The molecule has 0 aliphatic heterocycles. The van der Waals surface area contributed by atoms with Crippen LogP contribution in [0.2, 0.25) is 0 Å². The Morgan fingerprint density at radius 3 is 2.81 bits per heavy atom. The summed E-state index contributed by atoms with van der Waals surface area (Å²) in [7, 11) is 0. The highest BCUT2D eigenvalue weighted by Gasteiger charge is 2.12. The molecular weight excluding hydrogens is 222 g/mol. The van der Waals surface area contributed by atoms with Crippen LogP contribution in [0.5, 0.6) is 0 Å². The van der Waals surface area contributed by atoms with E-state index in [-0.39, 0.29) is 0 Å². The Balaban J connectivity index is 2.56. The molecule has 1 rings (SSSR count). The monoisotopic (exact) mass is 239 g/mol. The summed E-state index contributed by atoms with van der Waals surface area (Å²) >= 11 is 1.21. The van der Waals surface area contributed by atoms with E-state index in [1.54, 1.807) is 0 Å². The first kappa shape index (κ1) is 12.9. The van der Waals surface area contributed by atoms with E-state index >= 15 is 0 Å². The maximum Gasteiger partial charge on any atom is 0.132 e. The normalized spacial score (nSPS) is 10.9. The fourth-order valence-corrected chi connectivity index (χ4v) is 1.93. The molecule has 1 aromatic rings. The summed E-state index contributed by atoms with van der Waals surface area (Å²) in [6.07, 6.45) is 0.532. The Labute approximate surface area is 100 Å². The Bertz CT molecular complexity index is 354. The lowest BCUT2D eigenvalue weighted by Gasteiger charge is -2.22. The average molecular weight is 239 g/mol. The number of hydrogen-bond donors (Lipinski definition) is 1. The van der Waals surface area contributed by atoms with Gasteiger partial charge in [-0.25, -0.2) is 0 Å². The van der Waals surface area contributed by atoms with Crippen molar-refractivity contribution < 1.29 is 0 Å². The van der Waals surface area contributed by atoms with E-state index in [0.29, 0.717) is 23.9 Å². The lowest BCUT2D eigenvalue weighted by Crippen LogP contribution is -2.28. The van der Waals surface area contributed by atoms with Gasteiger partial charge in [0.15, 0.2) is 0 Å². The number of hydrogen-bond acceptors (Lipinski definition) is 6. The van der Waals surface area contributed by atoms with Crippen molar-refractivity contribution in [3.05, 3.63) is 5.69 Å². The van der Waals surface area contributed by atoms with Crippen molar-refractivity contribution in [2.75, 3.05) is 18.8 Å². The van der Waals surface area contributed by atoms with E-state index in [2.05, 4.69) is 34.4 Å². The van der Waals surface area contributed by atoms with Crippen LogP contribution in [0.3, 0.4) is 0 Å². The van der Waals surface area contributed by atoms with Crippen molar-refractivity contribution in [1.82, 2.24) is 14.5 Å². The molecule has 1 heterocycles. The second-order valence-corrected chi connectivity index (χ2v) is 4.91. The summed E-state index contributed by atoms with van der Waals surface area (Å²) in [5, 5.41) is 13.3. The molecule has 0 spiro atoms. The Kier molecular flexibility index (Phi) is 5.15. The molecule has 88 valence electrons. The molecule has 5 nitrogen and oxygen atoms in total. The number of aromatic nitrogens is 2.